The first-order chi connectivity index (χ1) is 9.35. The molecule has 112 valence electrons. The molecule has 0 aliphatic heterocycles. The topological polar surface area (TPSA) is 105 Å². The highest BCUT2D eigenvalue weighted by Gasteiger charge is 2.16. The molecular weight excluding hydrogens is 280 g/mol. The Morgan fingerprint density at radius 3 is 2.30 bits per heavy atom. The lowest BCUT2D eigenvalue weighted by atomic mass is 10.3. The Morgan fingerprint density at radius 2 is 1.80 bits per heavy atom. The molecule has 0 saturated heterocycles. The van der Waals surface area contributed by atoms with E-state index in [0.717, 1.165) is 0 Å². The van der Waals surface area contributed by atoms with Crippen LogP contribution in [0, 0.1) is 0 Å². The highest BCUT2D eigenvalue weighted by molar-refractivity contribution is 7.90. The summed E-state index contributed by atoms with van der Waals surface area (Å²) in [4.78, 5) is 10.9. The summed E-state index contributed by atoms with van der Waals surface area (Å²) in [5.74, 6) is -0.181. The average molecular weight is 300 g/mol. The summed E-state index contributed by atoms with van der Waals surface area (Å²) >= 11 is 0. The minimum atomic E-state index is -3.58. The molecule has 0 bridgehead atoms. The number of benzene rings is 1. The second kappa shape index (κ2) is 7.22. The largest absolute Gasteiger partial charge is 0.330 e. The van der Waals surface area contributed by atoms with E-state index < -0.39 is 10.2 Å². The Bertz CT molecular complexity index is 542. The van der Waals surface area contributed by atoms with E-state index in [1.54, 1.807) is 24.3 Å². The maximum atomic E-state index is 12.0. The molecule has 0 radical (unpaired) electrons. The van der Waals surface area contributed by atoms with Crippen LogP contribution in [0.2, 0.25) is 0 Å². The Kier molecular flexibility index (Phi) is 5.93. The SMILES string of the molecule is CC(=O)Nc1ccc(NS(=O)(=O)N(C)CCCN)cc1. The van der Waals surface area contributed by atoms with E-state index in [2.05, 4.69) is 10.0 Å². The predicted octanol–water partition coefficient (Wildman–Crippen LogP) is 0.582. The van der Waals surface area contributed by atoms with Crippen molar-refractivity contribution in [3.8, 4) is 0 Å². The predicted molar refractivity (Wildman–Crippen MR) is 79.6 cm³/mol. The number of nitrogens with zero attached hydrogens (tertiary/aromatic N) is 1. The highest BCUT2D eigenvalue weighted by Crippen LogP contribution is 2.15. The molecule has 0 saturated carbocycles. The Balaban J connectivity index is 2.70. The monoisotopic (exact) mass is 300 g/mol. The number of carbonyl (C=O) groups excluding carboxylic acids is 1. The zero-order valence-corrected chi connectivity index (χ0v) is 12.4. The first-order valence-electron chi connectivity index (χ1n) is 6.17. The van der Waals surface area contributed by atoms with Gasteiger partial charge in [-0.3, -0.25) is 9.52 Å². The molecule has 0 aliphatic rings. The van der Waals surface area contributed by atoms with Gasteiger partial charge in [-0.2, -0.15) is 12.7 Å². The number of anilines is 2. The molecule has 0 fully saturated rings. The Hall–Kier alpha value is -1.64. The van der Waals surface area contributed by atoms with Crippen LogP contribution in [0.25, 0.3) is 0 Å². The van der Waals surface area contributed by atoms with Gasteiger partial charge in [-0.25, -0.2) is 0 Å². The molecule has 4 N–H and O–H groups in total. The fourth-order valence-corrected chi connectivity index (χ4v) is 2.45. The summed E-state index contributed by atoms with van der Waals surface area (Å²) in [7, 11) is -2.09. The standard InChI is InChI=1S/C12H20N4O3S/c1-10(17)14-11-4-6-12(7-5-11)15-20(18,19)16(2)9-3-8-13/h4-7,15H,3,8-9,13H2,1-2H3,(H,14,17). The average Bonchev–Trinajstić information content (AvgIpc) is 2.37. The number of hydrogen-bond acceptors (Lipinski definition) is 4. The van der Waals surface area contributed by atoms with Crippen LogP contribution in [0.3, 0.4) is 0 Å². The number of rotatable bonds is 7. The molecule has 0 atom stereocenters. The van der Waals surface area contributed by atoms with Crippen LogP contribution >= 0.6 is 0 Å². The first kappa shape index (κ1) is 16.4. The van der Waals surface area contributed by atoms with Crippen molar-refractivity contribution >= 4 is 27.5 Å². The number of nitrogens with two attached hydrogens (primary N) is 1. The van der Waals surface area contributed by atoms with Gasteiger partial charge < -0.3 is 11.1 Å². The maximum absolute atomic E-state index is 12.0. The quantitative estimate of drug-likeness (QED) is 0.685. The minimum Gasteiger partial charge on any atom is -0.330 e. The number of carbonyl (C=O) groups is 1. The summed E-state index contributed by atoms with van der Waals surface area (Å²) < 4.78 is 27.6. The zero-order chi connectivity index (χ0) is 15.2. The van der Waals surface area contributed by atoms with E-state index in [0.29, 0.717) is 30.9 Å². The maximum Gasteiger partial charge on any atom is 0.301 e. The molecule has 8 heteroatoms. The van der Waals surface area contributed by atoms with Crippen LogP contribution in [0.4, 0.5) is 11.4 Å². The minimum absolute atomic E-state index is 0.181. The van der Waals surface area contributed by atoms with Crippen LogP contribution in [-0.2, 0) is 15.0 Å². The normalized spacial score (nSPS) is 11.4. The van der Waals surface area contributed by atoms with Gasteiger partial charge in [-0.15, -0.1) is 0 Å². The highest BCUT2D eigenvalue weighted by atomic mass is 32.2. The van der Waals surface area contributed by atoms with Gasteiger partial charge in [0.05, 0.1) is 0 Å². The summed E-state index contributed by atoms with van der Waals surface area (Å²) in [6, 6.07) is 6.41. The lowest BCUT2D eigenvalue weighted by Gasteiger charge is -2.18. The van der Waals surface area contributed by atoms with E-state index in [9.17, 15) is 13.2 Å². The van der Waals surface area contributed by atoms with Crippen molar-refractivity contribution < 1.29 is 13.2 Å². The molecule has 7 nitrogen and oxygen atoms in total. The smallest absolute Gasteiger partial charge is 0.301 e. The summed E-state index contributed by atoms with van der Waals surface area (Å²) in [5, 5.41) is 2.61. The van der Waals surface area contributed by atoms with Crippen molar-refractivity contribution in [2.75, 3.05) is 30.2 Å². The van der Waals surface area contributed by atoms with E-state index in [1.807, 2.05) is 0 Å². The van der Waals surface area contributed by atoms with E-state index in [1.165, 1.54) is 18.3 Å². The van der Waals surface area contributed by atoms with Gasteiger partial charge in [0.25, 0.3) is 0 Å². The van der Waals surface area contributed by atoms with Gasteiger partial charge in [0.15, 0.2) is 0 Å². The van der Waals surface area contributed by atoms with Gasteiger partial charge in [-0.05, 0) is 37.2 Å². The van der Waals surface area contributed by atoms with Gasteiger partial charge >= 0.3 is 10.2 Å². The lowest BCUT2D eigenvalue weighted by molar-refractivity contribution is -0.114. The molecule has 1 aromatic carbocycles. The Morgan fingerprint density at radius 1 is 1.25 bits per heavy atom. The fraction of sp³-hybridized carbons (Fsp3) is 0.417. The van der Waals surface area contributed by atoms with E-state index in [-0.39, 0.29) is 5.91 Å². The van der Waals surface area contributed by atoms with Crippen LogP contribution in [0.15, 0.2) is 24.3 Å². The fourth-order valence-electron chi connectivity index (χ4n) is 1.49. The van der Waals surface area contributed by atoms with Gasteiger partial charge in [-0.1, -0.05) is 0 Å². The first-order valence-corrected chi connectivity index (χ1v) is 7.61. The second-order valence-electron chi connectivity index (χ2n) is 4.33. The van der Waals surface area contributed by atoms with E-state index >= 15 is 0 Å². The van der Waals surface area contributed by atoms with Crippen molar-refractivity contribution in [2.45, 2.75) is 13.3 Å². The van der Waals surface area contributed by atoms with Gasteiger partial charge in [0, 0.05) is 31.9 Å². The Labute approximate surface area is 119 Å². The summed E-state index contributed by atoms with van der Waals surface area (Å²) in [6.07, 6.45) is 0.596. The third kappa shape index (κ3) is 5.16. The molecule has 0 heterocycles. The third-order valence-electron chi connectivity index (χ3n) is 2.54. The summed E-state index contributed by atoms with van der Waals surface area (Å²) in [6.45, 7) is 2.20. The lowest BCUT2D eigenvalue weighted by Crippen LogP contribution is -2.34. The molecule has 0 aromatic heterocycles. The zero-order valence-electron chi connectivity index (χ0n) is 11.6. The van der Waals surface area contributed by atoms with Crippen LogP contribution < -0.4 is 15.8 Å². The molecule has 1 amide bonds. The third-order valence-corrected chi connectivity index (χ3v) is 4.04. The molecule has 1 aromatic rings. The van der Waals surface area contributed by atoms with Crippen molar-refractivity contribution in [3.63, 3.8) is 0 Å². The molecule has 0 aliphatic carbocycles. The van der Waals surface area contributed by atoms with Crippen LogP contribution in [-0.4, -0.2) is 38.8 Å². The number of nitrogens with one attached hydrogen (secondary N) is 2. The van der Waals surface area contributed by atoms with Gasteiger partial charge in [0.1, 0.15) is 0 Å². The molecule has 0 spiro atoms. The molecule has 1 rings (SSSR count). The number of hydrogen-bond donors (Lipinski definition) is 3. The van der Waals surface area contributed by atoms with Crippen LogP contribution in [0.1, 0.15) is 13.3 Å². The van der Waals surface area contributed by atoms with Crippen molar-refractivity contribution in [3.05, 3.63) is 24.3 Å². The van der Waals surface area contributed by atoms with Crippen molar-refractivity contribution in [1.82, 2.24) is 4.31 Å². The molecular formula is C12H20N4O3S. The van der Waals surface area contributed by atoms with Crippen LogP contribution in [0.5, 0.6) is 0 Å². The molecule has 20 heavy (non-hydrogen) atoms. The van der Waals surface area contributed by atoms with Crippen molar-refractivity contribution in [2.24, 2.45) is 5.73 Å². The molecule has 0 unspecified atom stereocenters. The van der Waals surface area contributed by atoms with Gasteiger partial charge in [0.2, 0.25) is 5.91 Å². The van der Waals surface area contributed by atoms with E-state index in [4.69, 9.17) is 5.73 Å². The number of amides is 1. The second-order valence-corrected chi connectivity index (χ2v) is 6.11. The van der Waals surface area contributed by atoms with Crippen molar-refractivity contribution in [1.29, 1.82) is 0 Å². The summed E-state index contributed by atoms with van der Waals surface area (Å²) in [5.41, 5.74) is 6.39.